The predicted octanol–water partition coefficient (Wildman–Crippen LogP) is 7.06. The predicted molar refractivity (Wildman–Crippen MR) is 202 cm³/mol. The monoisotopic (exact) mass is 753 g/mol. The second kappa shape index (κ2) is 15.4. The zero-order valence-electron chi connectivity index (χ0n) is 30.9. The molecule has 0 aliphatic carbocycles. The van der Waals surface area contributed by atoms with Gasteiger partial charge < -0.3 is 34.1 Å². The van der Waals surface area contributed by atoms with Gasteiger partial charge in [0.05, 0.1) is 0 Å². The molecule has 0 radical (unpaired) electrons. The lowest BCUT2D eigenvalue weighted by atomic mass is 9.95. The standard InChI is InChI=1S/C41H43N3O9S/c1-40(2,3)52-38(48)42-31-35(46)44-32(37(47)51-33(25-14-9-7-10-15-25)26-16-11-8-12-17-26)28(24-54-36(31)44)22-27-20-21-43(34(27)45)29-18-13-19-30(23-29)50-39(49)53-41(4,5)6/h7-19,22-24,31-33,36H,20-21H2,1-6H3,(H,42,48)/b27-22+/t31-,32-,36-/m1/s1. The van der Waals surface area contributed by atoms with Gasteiger partial charge in [0.15, 0.2) is 12.1 Å². The lowest BCUT2D eigenvalue weighted by molar-refractivity contribution is -0.164. The molecule has 0 unspecified atom stereocenters. The minimum absolute atomic E-state index is 0.212. The van der Waals surface area contributed by atoms with Gasteiger partial charge in [0.2, 0.25) is 5.91 Å². The van der Waals surface area contributed by atoms with Crippen LogP contribution in [-0.4, -0.2) is 70.1 Å². The van der Waals surface area contributed by atoms with Crippen molar-refractivity contribution in [3.05, 3.63) is 119 Å². The van der Waals surface area contributed by atoms with E-state index >= 15 is 0 Å². The van der Waals surface area contributed by atoms with E-state index in [1.54, 1.807) is 82.2 Å². The van der Waals surface area contributed by atoms with Gasteiger partial charge in [-0.3, -0.25) is 9.59 Å². The van der Waals surface area contributed by atoms with E-state index in [0.717, 1.165) is 11.1 Å². The van der Waals surface area contributed by atoms with Crippen LogP contribution in [0, 0.1) is 0 Å². The van der Waals surface area contributed by atoms with Crippen molar-refractivity contribution in [3.8, 4) is 5.75 Å². The summed E-state index contributed by atoms with van der Waals surface area (Å²) < 4.78 is 22.3. The van der Waals surface area contributed by atoms with Crippen LogP contribution in [-0.2, 0) is 28.6 Å². The van der Waals surface area contributed by atoms with Gasteiger partial charge in [0, 0.05) is 23.9 Å². The summed E-state index contributed by atoms with van der Waals surface area (Å²) in [6, 6.07) is 23.0. The number of benzene rings is 3. The van der Waals surface area contributed by atoms with E-state index in [1.807, 2.05) is 60.7 Å². The van der Waals surface area contributed by atoms with Gasteiger partial charge in [0.1, 0.15) is 28.4 Å². The number of rotatable bonds is 8. The van der Waals surface area contributed by atoms with Crippen molar-refractivity contribution in [3.63, 3.8) is 0 Å². The number of nitrogens with zero attached hydrogens (tertiary/aromatic N) is 2. The summed E-state index contributed by atoms with van der Waals surface area (Å²) in [5.41, 5.74) is 1.28. The Hall–Kier alpha value is -5.56. The van der Waals surface area contributed by atoms with E-state index in [0.29, 0.717) is 29.8 Å². The van der Waals surface area contributed by atoms with E-state index in [-0.39, 0.29) is 11.7 Å². The molecule has 3 aliphatic heterocycles. The quantitative estimate of drug-likeness (QED) is 0.0836. The minimum atomic E-state index is -1.21. The van der Waals surface area contributed by atoms with Crippen molar-refractivity contribution in [2.45, 2.75) is 82.7 Å². The fourth-order valence-electron chi connectivity index (χ4n) is 6.25. The topological polar surface area (TPSA) is 141 Å². The van der Waals surface area contributed by atoms with Crippen LogP contribution in [0.1, 0.15) is 65.2 Å². The Bertz CT molecular complexity index is 1950. The van der Waals surface area contributed by atoms with Crippen molar-refractivity contribution >= 4 is 47.5 Å². The van der Waals surface area contributed by atoms with Gasteiger partial charge in [-0.2, -0.15) is 0 Å². The molecule has 3 aromatic rings. The first kappa shape index (κ1) is 38.2. The third-order valence-corrected chi connectivity index (χ3v) is 9.72. The van der Waals surface area contributed by atoms with Crippen LogP contribution in [0.5, 0.6) is 5.75 Å². The second-order valence-corrected chi connectivity index (χ2v) is 16.0. The van der Waals surface area contributed by atoms with Crippen LogP contribution in [0.25, 0.3) is 0 Å². The highest BCUT2D eigenvalue weighted by molar-refractivity contribution is 8.03. The van der Waals surface area contributed by atoms with E-state index in [4.69, 9.17) is 18.9 Å². The number of β-lactam (4-membered cyclic amide) rings is 1. The first-order valence-electron chi connectivity index (χ1n) is 17.6. The first-order chi connectivity index (χ1) is 25.6. The maximum absolute atomic E-state index is 14.4. The summed E-state index contributed by atoms with van der Waals surface area (Å²) in [6.07, 6.45) is -0.413. The summed E-state index contributed by atoms with van der Waals surface area (Å²) >= 11 is 1.25. The van der Waals surface area contributed by atoms with Crippen molar-refractivity contribution in [2.75, 3.05) is 11.4 Å². The average Bonchev–Trinajstić information content (AvgIpc) is 3.47. The molecule has 1 N–H and O–H groups in total. The zero-order valence-corrected chi connectivity index (χ0v) is 31.8. The third-order valence-electron chi connectivity index (χ3n) is 8.54. The normalized spacial score (nSPS) is 20.5. The van der Waals surface area contributed by atoms with Crippen LogP contribution >= 0.6 is 11.8 Å². The fraction of sp³-hybridized carbons (Fsp3) is 0.341. The largest absolute Gasteiger partial charge is 0.514 e. The Morgan fingerprint density at radius 3 is 2.09 bits per heavy atom. The van der Waals surface area contributed by atoms with Crippen molar-refractivity contribution in [1.82, 2.24) is 10.2 Å². The summed E-state index contributed by atoms with van der Waals surface area (Å²) in [7, 11) is 0. The third kappa shape index (κ3) is 8.79. The molecule has 2 fully saturated rings. The van der Waals surface area contributed by atoms with Gasteiger partial charge in [-0.15, -0.1) is 11.8 Å². The van der Waals surface area contributed by atoms with Gasteiger partial charge >= 0.3 is 18.2 Å². The molecule has 2 saturated heterocycles. The van der Waals surface area contributed by atoms with E-state index < -0.39 is 58.9 Å². The highest BCUT2D eigenvalue weighted by Crippen LogP contribution is 2.42. The number of anilines is 1. The van der Waals surface area contributed by atoms with Gasteiger partial charge in [-0.05, 0) is 88.3 Å². The van der Waals surface area contributed by atoms with Gasteiger partial charge in [-0.25, -0.2) is 14.4 Å². The molecule has 12 nitrogen and oxygen atoms in total. The minimum Gasteiger partial charge on any atom is -0.451 e. The number of hydrogen-bond acceptors (Lipinski definition) is 10. The van der Waals surface area contributed by atoms with E-state index in [1.165, 1.54) is 16.7 Å². The number of hydrogen-bond donors (Lipinski definition) is 1. The average molecular weight is 754 g/mol. The number of esters is 1. The lowest BCUT2D eigenvalue weighted by Crippen LogP contribution is -2.74. The maximum atomic E-state index is 14.4. The summed E-state index contributed by atoms with van der Waals surface area (Å²) in [6.45, 7) is 10.7. The summed E-state index contributed by atoms with van der Waals surface area (Å²) in [4.78, 5) is 69.9. The van der Waals surface area contributed by atoms with Gasteiger partial charge in [-0.1, -0.05) is 66.7 Å². The Balaban J connectivity index is 1.28. The van der Waals surface area contributed by atoms with Crippen LogP contribution in [0.2, 0.25) is 0 Å². The molecule has 0 aromatic heterocycles. The number of nitrogens with one attached hydrogen (secondary N) is 1. The molecule has 13 heteroatoms. The highest BCUT2D eigenvalue weighted by Gasteiger charge is 2.56. The Morgan fingerprint density at radius 1 is 0.852 bits per heavy atom. The van der Waals surface area contributed by atoms with Crippen LogP contribution < -0.4 is 15.0 Å². The Kier molecular flexibility index (Phi) is 10.9. The van der Waals surface area contributed by atoms with Crippen molar-refractivity contribution < 1.29 is 42.9 Å². The molecule has 3 amide bonds. The molecular weight excluding hydrogens is 711 g/mol. The molecule has 3 heterocycles. The van der Waals surface area contributed by atoms with Crippen LogP contribution in [0.4, 0.5) is 15.3 Å². The summed E-state index contributed by atoms with van der Waals surface area (Å²) in [5, 5.41) is 3.76. The maximum Gasteiger partial charge on any atom is 0.514 e. The van der Waals surface area contributed by atoms with Crippen LogP contribution in [0.15, 0.2) is 108 Å². The SMILES string of the molecule is CC(C)(C)OC(=O)N[C@@H]1C(=O)N2[C@@H](C(=O)OC(c3ccccc3)c3ccccc3)C(/C=C3\CCN(c4cccc(OC(=O)OC(C)(C)C)c4)C3=O)=CS[C@H]12. The number of thioether (sulfide) groups is 1. The second-order valence-electron chi connectivity index (χ2n) is 15.0. The number of fused-ring (bicyclic) bond motifs is 1. The fourth-order valence-corrected chi connectivity index (χ4v) is 7.44. The molecule has 282 valence electrons. The molecule has 3 aliphatic rings. The number of carbonyl (C=O) groups is 5. The number of carbonyl (C=O) groups excluding carboxylic acids is 5. The molecule has 0 saturated carbocycles. The van der Waals surface area contributed by atoms with Crippen LogP contribution in [0.3, 0.4) is 0 Å². The van der Waals surface area contributed by atoms with Crippen molar-refractivity contribution in [2.24, 2.45) is 0 Å². The highest BCUT2D eigenvalue weighted by atomic mass is 32.2. The molecule has 0 spiro atoms. The molecular formula is C41H43N3O9S. The molecule has 54 heavy (non-hydrogen) atoms. The smallest absolute Gasteiger partial charge is 0.451 e. The molecule has 6 rings (SSSR count). The number of amides is 3. The molecule has 0 bridgehead atoms. The zero-order chi connectivity index (χ0) is 38.8. The lowest BCUT2D eigenvalue weighted by Gasteiger charge is -2.51. The Morgan fingerprint density at radius 2 is 1.48 bits per heavy atom. The Labute approximate surface area is 318 Å². The van der Waals surface area contributed by atoms with E-state index in [9.17, 15) is 24.0 Å². The molecule has 3 aromatic carbocycles. The van der Waals surface area contributed by atoms with Gasteiger partial charge in [0.25, 0.3) is 5.91 Å². The summed E-state index contributed by atoms with van der Waals surface area (Å²) in [5.74, 6) is -1.28. The van der Waals surface area contributed by atoms with Crippen molar-refractivity contribution in [1.29, 1.82) is 0 Å². The van der Waals surface area contributed by atoms with E-state index in [2.05, 4.69) is 5.32 Å². The number of alkyl carbamates (subject to hydrolysis) is 1. The number of ether oxygens (including phenoxy) is 4. The first-order valence-corrected chi connectivity index (χ1v) is 18.5. The molecule has 3 atom stereocenters.